The Balaban J connectivity index is 1.85. The van der Waals surface area contributed by atoms with Crippen molar-refractivity contribution in [1.82, 2.24) is 10.2 Å². The van der Waals surface area contributed by atoms with E-state index in [1.807, 2.05) is 12.1 Å². The fraction of sp³-hybridized carbons (Fsp3) is 0.625. The number of hydrogen-bond acceptors (Lipinski definition) is 2. The zero-order chi connectivity index (χ0) is 13.7. The molecule has 1 saturated heterocycles. The van der Waals surface area contributed by atoms with E-state index in [1.54, 1.807) is 12.1 Å². The molecule has 1 fully saturated rings. The average Bonchev–Trinajstić information content (AvgIpc) is 2.46. The molecule has 1 heterocycles. The standard InChI is InChI=1S/C16H25FN2/c1-3-10-18-16-8-11-19(12-9-16)13(2)14-4-6-15(17)7-5-14/h4-7,13,16,18H,3,8-12H2,1-2H3. The van der Waals surface area contributed by atoms with E-state index in [0.29, 0.717) is 12.1 Å². The van der Waals surface area contributed by atoms with Crippen molar-refractivity contribution in [1.29, 1.82) is 0 Å². The van der Waals surface area contributed by atoms with E-state index < -0.39 is 0 Å². The van der Waals surface area contributed by atoms with Gasteiger partial charge in [-0.25, -0.2) is 4.39 Å². The summed E-state index contributed by atoms with van der Waals surface area (Å²) in [4.78, 5) is 2.50. The smallest absolute Gasteiger partial charge is 0.123 e. The minimum absolute atomic E-state index is 0.154. The molecule has 2 rings (SSSR count). The quantitative estimate of drug-likeness (QED) is 0.877. The first-order chi connectivity index (χ1) is 9.20. The molecule has 0 amide bonds. The lowest BCUT2D eigenvalue weighted by Gasteiger charge is -2.36. The van der Waals surface area contributed by atoms with Crippen LogP contribution in [0.1, 0.15) is 44.7 Å². The first kappa shape index (κ1) is 14.5. The maximum absolute atomic E-state index is 12.9. The van der Waals surface area contributed by atoms with E-state index in [-0.39, 0.29) is 5.82 Å². The minimum atomic E-state index is -0.154. The Kier molecular flexibility index (Phi) is 5.34. The number of piperidine rings is 1. The molecule has 1 atom stereocenters. The van der Waals surface area contributed by atoms with Crippen LogP contribution in [0, 0.1) is 5.82 Å². The highest BCUT2D eigenvalue weighted by atomic mass is 19.1. The monoisotopic (exact) mass is 264 g/mol. The van der Waals surface area contributed by atoms with Gasteiger partial charge in [0.15, 0.2) is 0 Å². The third kappa shape index (κ3) is 4.02. The van der Waals surface area contributed by atoms with Crippen LogP contribution in [-0.2, 0) is 0 Å². The Labute approximate surface area is 116 Å². The zero-order valence-electron chi connectivity index (χ0n) is 12.0. The molecule has 106 valence electrons. The van der Waals surface area contributed by atoms with Crippen LogP contribution in [0.5, 0.6) is 0 Å². The molecule has 1 aromatic rings. The summed E-state index contributed by atoms with van der Waals surface area (Å²) in [6, 6.07) is 7.98. The van der Waals surface area contributed by atoms with E-state index in [9.17, 15) is 4.39 Å². The highest BCUT2D eigenvalue weighted by Gasteiger charge is 2.22. The lowest BCUT2D eigenvalue weighted by atomic mass is 10.00. The molecule has 0 bridgehead atoms. The van der Waals surface area contributed by atoms with Crippen LogP contribution in [0.4, 0.5) is 4.39 Å². The molecule has 0 radical (unpaired) electrons. The SMILES string of the molecule is CCCNC1CCN(C(C)c2ccc(F)cc2)CC1. The lowest BCUT2D eigenvalue weighted by Crippen LogP contribution is -2.43. The van der Waals surface area contributed by atoms with Crippen LogP contribution in [0.15, 0.2) is 24.3 Å². The number of benzene rings is 1. The minimum Gasteiger partial charge on any atom is -0.314 e. The second kappa shape index (κ2) is 7.01. The molecule has 1 aromatic carbocycles. The number of hydrogen-bond donors (Lipinski definition) is 1. The first-order valence-corrected chi connectivity index (χ1v) is 7.43. The van der Waals surface area contributed by atoms with Gasteiger partial charge in [0.2, 0.25) is 0 Å². The second-order valence-corrected chi connectivity index (χ2v) is 5.49. The summed E-state index contributed by atoms with van der Waals surface area (Å²) in [7, 11) is 0. The molecule has 0 spiro atoms. The van der Waals surface area contributed by atoms with Gasteiger partial charge in [0.25, 0.3) is 0 Å². The van der Waals surface area contributed by atoms with Crippen molar-refractivity contribution in [3.8, 4) is 0 Å². The molecule has 0 saturated carbocycles. The fourth-order valence-electron chi connectivity index (χ4n) is 2.79. The topological polar surface area (TPSA) is 15.3 Å². The van der Waals surface area contributed by atoms with Crippen molar-refractivity contribution in [2.45, 2.75) is 45.2 Å². The Bertz CT molecular complexity index is 369. The molecular weight excluding hydrogens is 239 g/mol. The average molecular weight is 264 g/mol. The zero-order valence-corrected chi connectivity index (χ0v) is 12.0. The van der Waals surface area contributed by atoms with Gasteiger partial charge >= 0.3 is 0 Å². The van der Waals surface area contributed by atoms with Crippen molar-refractivity contribution in [2.75, 3.05) is 19.6 Å². The summed E-state index contributed by atoms with van der Waals surface area (Å²) in [6.45, 7) is 7.80. The van der Waals surface area contributed by atoms with Crippen molar-refractivity contribution >= 4 is 0 Å². The van der Waals surface area contributed by atoms with Crippen molar-refractivity contribution in [3.05, 3.63) is 35.6 Å². The van der Waals surface area contributed by atoms with Crippen molar-refractivity contribution in [2.24, 2.45) is 0 Å². The van der Waals surface area contributed by atoms with Gasteiger partial charge in [0, 0.05) is 25.2 Å². The maximum atomic E-state index is 12.9. The highest BCUT2D eigenvalue weighted by Crippen LogP contribution is 2.24. The summed E-state index contributed by atoms with van der Waals surface area (Å²) in [5.41, 5.74) is 1.21. The van der Waals surface area contributed by atoms with Crippen LogP contribution < -0.4 is 5.32 Å². The van der Waals surface area contributed by atoms with Gasteiger partial charge in [-0.3, -0.25) is 4.90 Å². The molecule has 19 heavy (non-hydrogen) atoms. The molecule has 1 N–H and O–H groups in total. The van der Waals surface area contributed by atoms with E-state index in [4.69, 9.17) is 0 Å². The Hall–Kier alpha value is -0.930. The fourth-order valence-corrected chi connectivity index (χ4v) is 2.79. The first-order valence-electron chi connectivity index (χ1n) is 7.43. The summed E-state index contributed by atoms with van der Waals surface area (Å²) in [5, 5.41) is 3.60. The third-order valence-electron chi connectivity index (χ3n) is 4.11. The summed E-state index contributed by atoms with van der Waals surface area (Å²) in [6.07, 6.45) is 3.63. The van der Waals surface area contributed by atoms with Crippen LogP contribution in [-0.4, -0.2) is 30.6 Å². The molecule has 1 aliphatic heterocycles. The molecule has 0 aromatic heterocycles. The van der Waals surface area contributed by atoms with Crippen molar-refractivity contribution in [3.63, 3.8) is 0 Å². The second-order valence-electron chi connectivity index (χ2n) is 5.49. The number of rotatable bonds is 5. The number of likely N-dealkylation sites (tertiary alicyclic amines) is 1. The molecule has 1 aliphatic rings. The predicted molar refractivity (Wildman–Crippen MR) is 77.7 cm³/mol. The molecule has 3 heteroatoms. The Morgan fingerprint density at radius 1 is 1.26 bits per heavy atom. The summed E-state index contributed by atoms with van der Waals surface area (Å²) in [5.74, 6) is -0.154. The van der Waals surface area contributed by atoms with E-state index in [1.165, 1.54) is 24.8 Å². The van der Waals surface area contributed by atoms with Gasteiger partial charge in [-0.15, -0.1) is 0 Å². The van der Waals surface area contributed by atoms with Gasteiger partial charge in [-0.1, -0.05) is 19.1 Å². The number of nitrogens with zero attached hydrogens (tertiary/aromatic N) is 1. The van der Waals surface area contributed by atoms with Crippen molar-refractivity contribution < 1.29 is 4.39 Å². The van der Waals surface area contributed by atoms with Crippen LogP contribution in [0.2, 0.25) is 0 Å². The Morgan fingerprint density at radius 2 is 1.89 bits per heavy atom. The van der Waals surface area contributed by atoms with Gasteiger partial charge < -0.3 is 5.32 Å². The largest absolute Gasteiger partial charge is 0.314 e. The van der Waals surface area contributed by atoms with Crippen LogP contribution >= 0.6 is 0 Å². The van der Waals surface area contributed by atoms with Gasteiger partial charge in [0.05, 0.1) is 0 Å². The van der Waals surface area contributed by atoms with Gasteiger partial charge in [-0.2, -0.15) is 0 Å². The lowest BCUT2D eigenvalue weighted by molar-refractivity contribution is 0.152. The van der Waals surface area contributed by atoms with Gasteiger partial charge in [-0.05, 0) is 50.4 Å². The molecule has 0 aliphatic carbocycles. The number of nitrogens with one attached hydrogen (secondary N) is 1. The highest BCUT2D eigenvalue weighted by molar-refractivity contribution is 5.19. The normalized spacial score (nSPS) is 19.5. The summed E-state index contributed by atoms with van der Waals surface area (Å²) < 4.78 is 12.9. The Morgan fingerprint density at radius 3 is 2.47 bits per heavy atom. The van der Waals surface area contributed by atoms with Crippen LogP contribution in [0.3, 0.4) is 0 Å². The molecule has 1 unspecified atom stereocenters. The summed E-state index contributed by atoms with van der Waals surface area (Å²) >= 11 is 0. The maximum Gasteiger partial charge on any atom is 0.123 e. The van der Waals surface area contributed by atoms with E-state index >= 15 is 0 Å². The molecule has 2 nitrogen and oxygen atoms in total. The van der Waals surface area contributed by atoms with E-state index in [0.717, 1.165) is 19.6 Å². The third-order valence-corrected chi connectivity index (χ3v) is 4.11. The van der Waals surface area contributed by atoms with Crippen LogP contribution in [0.25, 0.3) is 0 Å². The molecular formula is C16H25FN2. The van der Waals surface area contributed by atoms with E-state index in [2.05, 4.69) is 24.1 Å². The predicted octanol–water partition coefficient (Wildman–Crippen LogP) is 3.35. The van der Waals surface area contributed by atoms with Gasteiger partial charge in [0.1, 0.15) is 5.82 Å². The number of halogens is 1.